The second-order valence-electron chi connectivity index (χ2n) is 3.57. The number of aliphatic hydroxyl groups is 1. The van der Waals surface area contributed by atoms with Gasteiger partial charge in [0.2, 0.25) is 5.76 Å². The molecule has 0 aromatic heterocycles. The van der Waals surface area contributed by atoms with E-state index in [4.69, 9.17) is 9.47 Å². The van der Waals surface area contributed by atoms with Gasteiger partial charge in [0.25, 0.3) is 0 Å². The molecule has 1 aromatic rings. The molecule has 2 bridgehead atoms. The minimum Gasteiger partial charge on any atom is -0.502 e. The maximum atomic E-state index is 11.8. The molecular formula is C12H6O5. The number of carbonyl (C=O) groups excluding carboxylic acids is 2. The number of hydrogen-bond acceptors (Lipinski definition) is 5. The van der Waals surface area contributed by atoms with E-state index in [-0.39, 0.29) is 11.3 Å². The number of rotatable bonds is 0. The highest BCUT2D eigenvalue weighted by Gasteiger charge is 2.29. The third-order valence-corrected chi connectivity index (χ3v) is 2.48. The highest BCUT2D eigenvalue weighted by atomic mass is 16.6. The van der Waals surface area contributed by atoms with Crippen molar-refractivity contribution < 1.29 is 24.2 Å². The van der Waals surface area contributed by atoms with Gasteiger partial charge in [-0.25, -0.2) is 9.59 Å². The Bertz CT molecular complexity index is 592. The summed E-state index contributed by atoms with van der Waals surface area (Å²) < 4.78 is 9.81. The molecule has 0 radical (unpaired) electrons. The Morgan fingerprint density at radius 3 is 2.24 bits per heavy atom. The van der Waals surface area contributed by atoms with Crippen LogP contribution >= 0.6 is 0 Å². The molecule has 0 amide bonds. The Morgan fingerprint density at radius 1 is 0.941 bits per heavy atom. The second-order valence-corrected chi connectivity index (χ2v) is 3.57. The summed E-state index contributed by atoms with van der Waals surface area (Å²) >= 11 is 0. The van der Waals surface area contributed by atoms with E-state index in [0.717, 1.165) is 6.08 Å². The lowest BCUT2D eigenvalue weighted by molar-refractivity contribution is -0.135. The van der Waals surface area contributed by atoms with Gasteiger partial charge in [-0.15, -0.1) is 0 Å². The van der Waals surface area contributed by atoms with Gasteiger partial charge in [0.05, 0.1) is 0 Å². The normalized spacial score (nSPS) is 22.0. The number of esters is 2. The number of fused-ring (bicyclic) bond motifs is 4. The van der Waals surface area contributed by atoms with E-state index < -0.39 is 17.7 Å². The van der Waals surface area contributed by atoms with Crippen LogP contribution in [0.4, 0.5) is 0 Å². The van der Waals surface area contributed by atoms with Crippen molar-refractivity contribution in [2.45, 2.75) is 0 Å². The smallest absolute Gasteiger partial charge is 0.378 e. The van der Waals surface area contributed by atoms with Gasteiger partial charge >= 0.3 is 11.9 Å². The van der Waals surface area contributed by atoms with E-state index in [1.54, 1.807) is 24.3 Å². The molecule has 17 heavy (non-hydrogen) atoms. The lowest BCUT2D eigenvalue weighted by atomic mass is 10.1. The molecule has 84 valence electrons. The molecule has 0 aliphatic carbocycles. The lowest BCUT2D eigenvalue weighted by Gasteiger charge is -2.04. The van der Waals surface area contributed by atoms with Crippen molar-refractivity contribution >= 4 is 17.5 Å². The van der Waals surface area contributed by atoms with Crippen LogP contribution in [0.5, 0.6) is 5.75 Å². The molecule has 3 aliphatic heterocycles. The molecule has 0 fully saturated rings. The first-order valence-electron chi connectivity index (χ1n) is 4.85. The number of carbonyl (C=O) groups is 2. The summed E-state index contributed by atoms with van der Waals surface area (Å²) in [7, 11) is 0. The Hall–Kier alpha value is -2.56. The van der Waals surface area contributed by atoms with Crippen LogP contribution in [0.3, 0.4) is 0 Å². The second kappa shape index (κ2) is 3.21. The van der Waals surface area contributed by atoms with Gasteiger partial charge in [0.15, 0.2) is 0 Å². The van der Waals surface area contributed by atoms with Crippen molar-refractivity contribution in [2.75, 3.05) is 0 Å². The van der Waals surface area contributed by atoms with Crippen LogP contribution in [0, 0.1) is 0 Å². The fraction of sp³-hybridized carbons (Fsp3) is 0. The molecule has 0 saturated heterocycles. The molecule has 3 aliphatic rings. The molecule has 3 heterocycles. The van der Waals surface area contributed by atoms with Crippen molar-refractivity contribution in [3.63, 3.8) is 0 Å². The van der Waals surface area contributed by atoms with Gasteiger partial charge in [-0.3, -0.25) is 0 Å². The maximum Gasteiger partial charge on any atom is 0.378 e. The Kier molecular flexibility index (Phi) is 1.82. The largest absolute Gasteiger partial charge is 0.502 e. The first-order chi connectivity index (χ1) is 8.15. The van der Waals surface area contributed by atoms with Crippen molar-refractivity contribution in [3.05, 3.63) is 47.4 Å². The van der Waals surface area contributed by atoms with Crippen molar-refractivity contribution in [2.24, 2.45) is 0 Å². The van der Waals surface area contributed by atoms with Gasteiger partial charge in [-0.2, -0.15) is 0 Å². The summed E-state index contributed by atoms with van der Waals surface area (Å²) in [5.74, 6) is -1.59. The zero-order valence-corrected chi connectivity index (χ0v) is 8.47. The van der Waals surface area contributed by atoms with Crippen LogP contribution < -0.4 is 4.74 Å². The molecule has 0 saturated carbocycles. The third-order valence-electron chi connectivity index (χ3n) is 2.48. The highest BCUT2D eigenvalue weighted by Crippen LogP contribution is 2.31. The Morgan fingerprint density at radius 2 is 1.65 bits per heavy atom. The number of aliphatic hydroxyl groups excluding tert-OH is 1. The van der Waals surface area contributed by atoms with Crippen molar-refractivity contribution in [3.8, 4) is 5.75 Å². The molecule has 0 spiro atoms. The first-order valence-corrected chi connectivity index (χ1v) is 4.85. The Labute approximate surface area is 95.6 Å². The van der Waals surface area contributed by atoms with Gasteiger partial charge in [0.1, 0.15) is 17.1 Å². The molecule has 4 rings (SSSR count). The van der Waals surface area contributed by atoms with Crippen LogP contribution in [-0.2, 0) is 14.3 Å². The molecule has 5 nitrogen and oxygen atoms in total. The Balaban J connectivity index is 2.19. The predicted octanol–water partition coefficient (Wildman–Crippen LogP) is 1.32. The van der Waals surface area contributed by atoms with Crippen LogP contribution in [0.2, 0.25) is 0 Å². The molecular weight excluding hydrogens is 224 g/mol. The minimum absolute atomic E-state index is 0.00458. The van der Waals surface area contributed by atoms with Crippen LogP contribution in [-0.4, -0.2) is 17.0 Å². The SMILES string of the molecule is O=C1O/C(=C2\C(=O)Oc3ccc2cc3)C=C1O. The number of ether oxygens (including phenoxy) is 2. The summed E-state index contributed by atoms with van der Waals surface area (Å²) in [6, 6.07) is 6.64. The monoisotopic (exact) mass is 230 g/mol. The summed E-state index contributed by atoms with van der Waals surface area (Å²) in [5, 5.41) is 9.17. The lowest BCUT2D eigenvalue weighted by Crippen LogP contribution is -2.10. The molecule has 1 N–H and O–H groups in total. The van der Waals surface area contributed by atoms with Crippen LogP contribution in [0.15, 0.2) is 41.9 Å². The average Bonchev–Trinajstić information content (AvgIpc) is 2.49. The van der Waals surface area contributed by atoms with E-state index in [2.05, 4.69) is 0 Å². The summed E-state index contributed by atoms with van der Waals surface area (Å²) in [6.45, 7) is 0. The topological polar surface area (TPSA) is 72.8 Å². The number of benzene rings is 1. The van der Waals surface area contributed by atoms with Gasteiger partial charge < -0.3 is 14.6 Å². The summed E-state index contributed by atoms with van der Waals surface area (Å²) in [4.78, 5) is 22.8. The summed E-state index contributed by atoms with van der Waals surface area (Å²) in [5.41, 5.74) is 0.701. The zero-order chi connectivity index (χ0) is 12.0. The first kappa shape index (κ1) is 9.65. The van der Waals surface area contributed by atoms with Gasteiger partial charge in [-0.1, -0.05) is 12.1 Å². The van der Waals surface area contributed by atoms with E-state index >= 15 is 0 Å². The van der Waals surface area contributed by atoms with Crippen molar-refractivity contribution in [1.82, 2.24) is 0 Å². The standard InChI is InChI=1S/C12H6O5/c13-8-5-9(17-11(8)14)10-6-1-3-7(4-2-6)16-12(10)15/h1-5,13H/b10-9-. The minimum atomic E-state index is -0.875. The molecule has 0 atom stereocenters. The predicted molar refractivity (Wildman–Crippen MR) is 55.8 cm³/mol. The number of allylic oxidation sites excluding steroid dienone is 1. The van der Waals surface area contributed by atoms with E-state index in [1.165, 1.54) is 0 Å². The highest BCUT2D eigenvalue weighted by molar-refractivity contribution is 6.20. The number of cyclic esters (lactones) is 1. The van der Waals surface area contributed by atoms with Crippen LogP contribution in [0.25, 0.3) is 5.57 Å². The zero-order valence-electron chi connectivity index (χ0n) is 8.47. The van der Waals surface area contributed by atoms with Gasteiger partial charge in [0, 0.05) is 6.08 Å². The molecule has 0 unspecified atom stereocenters. The maximum absolute atomic E-state index is 11.8. The van der Waals surface area contributed by atoms with E-state index in [1.807, 2.05) is 0 Å². The van der Waals surface area contributed by atoms with E-state index in [0.29, 0.717) is 11.3 Å². The van der Waals surface area contributed by atoms with Gasteiger partial charge in [-0.05, 0) is 17.7 Å². The quantitative estimate of drug-likeness (QED) is 0.413. The molecule has 5 heteroatoms. The fourth-order valence-electron chi connectivity index (χ4n) is 1.70. The molecule has 1 aromatic carbocycles. The number of hydrogen-bond donors (Lipinski definition) is 1. The average molecular weight is 230 g/mol. The third kappa shape index (κ3) is 1.40. The van der Waals surface area contributed by atoms with Crippen LogP contribution in [0.1, 0.15) is 5.56 Å². The van der Waals surface area contributed by atoms with E-state index in [9.17, 15) is 14.7 Å². The fourth-order valence-corrected chi connectivity index (χ4v) is 1.70. The summed E-state index contributed by atoms with van der Waals surface area (Å²) in [6.07, 6.45) is 1.11. The van der Waals surface area contributed by atoms with Crippen molar-refractivity contribution in [1.29, 1.82) is 0 Å².